The van der Waals surface area contributed by atoms with Crippen LogP contribution in [0, 0.1) is 0 Å². The lowest BCUT2D eigenvalue weighted by atomic mass is 10.1. The lowest BCUT2D eigenvalue weighted by Crippen LogP contribution is -2.23. The molecule has 0 aliphatic rings. The molecule has 0 aliphatic carbocycles. The van der Waals surface area contributed by atoms with Crippen LogP contribution in [0.4, 0.5) is 13.2 Å². The molecule has 0 unspecified atom stereocenters. The van der Waals surface area contributed by atoms with E-state index in [2.05, 4.69) is 15.3 Å². The van der Waals surface area contributed by atoms with Crippen molar-refractivity contribution in [3.8, 4) is 11.3 Å². The van der Waals surface area contributed by atoms with E-state index in [1.54, 1.807) is 18.6 Å². The number of nitrogens with one attached hydrogen (secondary N) is 1. The maximum atomic E-state index is 12.6. The van der Waals surface area contributed by atoms with E-state index in [0.717, 1.165) is 29.0 Å². The number of carbonyl (C=O) groups excluding carboxylic acids is 1. The molecule has 0 fully saturated rings. The molecule has 0 saturated heterocycles. The summed E-state index contributed by atoms with van der Waals surface area (Å²) in [4.78, 5) is 20.4. The molecular formula is C21H18F3N3O. The minimum Gasteiger partial charge on any atom is -0.352 e. The highest BCUT2D eigenvalue weighted by Crippen LogP contribution is 2.29. The minimum atomic E-state index is -4.35. The van der Waals surface area contributed by atoms with Gasteiger partial charge in [-0.25, -0.2) is 0 Å². The molecule has 0 atom stereocenters. The van der Waals surface area contributed by atoms with Gasteiger partial charge in [0.25, 0.3) is 0 Å². The fourth-order valence-electron chi connectivity index (χ4n) is 2.66. The van der Waals surface area contributed by atoms with Gasteiger partial charge >= 0.3 is 6.18 Å². The Hall–Kier alpha value is -3.22. The van der Waals surface area contributed by atoms with Crippen LogP contribution in [0.1, 0.15) is 23.1 Å². The first-order chi connectivity index (χ1) is 13.4. The highest BCUT2D eigenvalue weighted by atomic mass is 19.4. The lowest BCUT2D eigenvalue weighted by molar-refractivity contribution is -0.137. The molecule has 0 radical (unpaired) electrons. The summed E-state index contributed by atoms with van der Waals surface area (Å²) in [6, 6.07) is 12.3. The number of amides is 1. The predicted molar refractivity (Wildman–Crippen MR) is 99.1 cm³/mol. The molecule has 7 heteroatoms. The van der Waals surface area contributed by atoms with E-state index in [9.17, 15) is 18.0 Å². The fourth-order valence-corrected chi connectivity index (χ4v) is 2.66. The summed E-state index contributed by atoms with van der Waals surface area (Å²) in [5.74, 6) is -0.167. The molecule has 1 N–H and O–H groups in total. The average Bonchev–Trinajstić information content (AvgIpc) is 2.71. The number of carbonyl (C=O) groups is 1. The van der Waals surface area contributed by atoms with Gasteiger partial charge in [-0.3, -0.25) is 14.8 Å². The van der Waals surface area contributed by atoms with Gasteiger partial charge in [-0.05, 0) is 53.9 Å². The maximum Gasteiger partial charge on any atom is 0.416 e. The molecule has 28 heavy (non-hydrogen) atoms. The van der Waals surface area contributed by atoms with E-state index in [4.69, 9.17) is 0 Å². The van der Waals surface area contributed by atoms with E-state index in [-0.39, 0.29) is 12.3 Å². The molecule has 1 amide bonds. The number of benzene rings is 1. The summed E-state index contributed by atoms with van der Waals surface area (Å²) in [7, 11) is 0. The van der Waals surface area contributed by atoms with Gasteiger partial charge in [0, 0.05) is 37.1 Å². The van der Waals surface area contributed by atoms with E-state index in [1.807, 2.05) is 24.3 Å². The zero-order valence-electron chi connectivity index (χ0n) is 14.9. The Bertz CT molecular complexity index is 926. The third kappa shape index (κ3) is 5.39. The Morgan fingerprint density at radius 1 is 1.00 bits per heavy atom. The standard InChI is InChI=1S/C21H18F3N3O/c22-21(23,24)18-6-3-15(4-7-18)5-8-20(28)27-13-16-9-11-26-19(12-16)17-2-1-10-25-14-17/h1-4,6-7,9-12,14H,5,8,13H2,(H,27,28). The van der Waals surface area contributed by atoms with Crippen LogP contribution in [0.3, 0.4) is 0 Å². The Morgan fingerprint density at radius 3 is 2.46 bits per heavy atom. The molecule has 3 aromatic rings. The van der Waals surface area contributed by atoms with Gasteiger partial charge in [-0.2, -0.15) is 13.2 Å². The number of aryl methyl sites for hydroxylation is 1. The highest BCUT2D eigenvalue weighted by Gasteiger charge is 2.29. The van der Waals surface area contributed by atoms with Gasteiger partial charge in [-0.15, -0.1) is 0 Å². The minimum absolute atomic E-state index is 0.167. The molecule has 144 valence electrons. The third-order valence-electron chi connectivity index (χ3n) is 4.19. The van der Waals surface area contributed by atoms with Gasteiger partial charge in [0.05, 0.1) is 11.3 Å². The number of hydrogen-bond acceptors (Lipinski definition) is 3. The number of pyridine rings is 2. The number of hydrogen-bond donors (Lipinski definition) is 1. The Labute approximate surface area is 160 Å². The maximum absolute atomic E-state index is 12.6. The molecule has 0 aliphatic heterocycles. The molecule has 0 spiro atoms. The zero-order chi connectivity index (χ0) is 20.0. The summed E-state index contributed by atoms with van der Waals surface area (Å²) >= 11 is 0. The van der Waals surface area contributed by atoms with Crippen molar-refractivity contribution in [3.05, 3.63) is 83.8 Å². The first kappa shape index (κ1) is 19.5. The Kier molecular flexibility index (Phi) is 6.03. The van der Waals surface area contributed by atoms with E-state index in [0.29, 0.717) is 18.5 Å². The van der Waals surface area contributed by atoms with E-state index >= 15 is 0 Å². The molecule has 0 saturated carbocycles. The largest absolute Gasteiger partial charge is 0.416 e. The number of rotatable bonds is 6. The van der Waals surface area contributed by atoms with Crippen molar-refractivity contribution < 1.29 is 18.0 Å². The Balaban J connectivity index is 1.51. The second kappa shape index (κ2) is 8.65. The van der Waals surface area contributed by atoms with Crippen LogP contribution < -0.4 is 5.32 Å². The van der Waals surface area contributed by atoms with Crippen molar-refractivity contribution in [3.63, 3.8) is 0 Å². The molecular weight excluding hydrogens is 367 g/mol. The summed E-state index contributed by atoms with van der Waals surface area (Å²) in [6.07, 6.45) is 1.30. The van der Waals surface area contributed by atoms with Crippen molar-refractivity contribution in [2.75, 3.05) is 0 Å². The van der Waals surface area contributed by atoms with Crippen LogP contribution in [0.15, 0.2) is 67.1 Å². The van der Waals surface area contributed by atoms with Crippen LogP contribution >= 0.6 is 0 Å². The van der Waals surface area contributed by atoms with E-state index < -0.39 is 11.7 Å². The monoisotopic (exact) mass is 385 g/mol. The van der Waals surface area contributed by atoms with Crippen LogP contribution in [-0.2, 0) is 23.9 Å². The second-order valence-electron chi connectivity index (χ2n) is 6.26. The van der Waals surface area contributed by atoms with E-state index in [1.165, 1.54) is 12.1 Å². The predicted octanol–water partition coefficient (Wildman–Crippen LogP) is 4.41. The summed E-state index contributed by atoms with van der Waals surface area (Å²) in [6.45, 7) is 0.349. The first-order valence-electron chi connectivity index (χ1n) is 8.70. The van der Waals surface area contributed by atoms with Gasteiger partial charge in [0.1, 0.15) is 0 Å². The number of nitrogens with zero attached hydrogens (tertiary/aromatic N) is 2. The van der Waals surface area contributed by atoms with Gasteiger partial charge < -0.3 is 5.32 Å². The summed E-state index contributed by atoms with van der Waals surface area (Å²) in [5, 5.41) is 2.82. The molecule has 2 aromatic heterocycles. The zero-order valence-corrected chi connectivity index (χ0v) is 14.9. The fraction of sp³-hybridized carbons (Fsp3) is 0.190. The van der Waals surface area contributed by atoms with Crippen molar-refractivity contribution in [1.29, 1.82) is 0 Å². The van der Waals surface area contributed by atoms with Crippen LogP contribution in [0.5, 0.6) is 0 Å². The third-order valence-corrected chi connectivity index (χ3v) is 4.19. The van der Waals surface area contributed by atoms with Crippen LogP contribution in [-0.4, -0.2) is 15.9 Å². The number of aromatic nitrogens is 2. The lowest BCUT2D eigenvalue weighted by Gasteiger charge is -2.09. The summed E-state index contributed by atoms with van der Waals surface area (Å²) in [5.41, 5.74) is 2.55. The SMILES string of the molecule is O=C(CCc1ccc(C(F)(F)F)cc1)NCc1ccnc(-c2cccnc2)c1. The van der Waals surface area contributed by atoms with Crippen molar-refractivity contribution in [1.82, 2.24) is 15.3 Å². The van der Waals surface area contributed by atoms with Crippen molar-refractivity contribution in [2.24, 2.45) is 0 Å². The normalized spacial score (nSPS) is 11.2. The van der Waals surface area contributed by atoms with Gasteiger partial charge in [-0.1, -0.05) is 12.1 Å². The molecule has 3 rings (SSSR count). The Morgan fingerprint density at radius 2 is 1.79 bits per heavy atom. The summed E-state index contributed by atoms with van der Waals surface area (Å²) < 4.78 is 37.7. The average molecular weight is 385 g/mol. The van der Waals surface area contributed by atoms with Crippen LogP contribution in [0.25, 0.3) is 11.3 Å². The molecule has 4 nitrogen and oxygen atoms in total. The van der Waals surface area contributed by atoms with Crippen molar-refractivity contribution in [2.45, 2.75) is 25.6 Å². The highest BCUT2D eigenvalue weighted by molar-refractivity contribution is 5.76. The van der Waals surface area contributed by atoms with Gasteiger partial charge in [0.2, 0.25) is 5.91 Å². The second-order valence-corrected chi connectivity index (χ2v) is 6.26. The topological polar surface area (TPSA) is 54.9 Å². The van der Waals surface area contributed by atoms with Gasteiger partial charge in [0.15, 0.2) is 0 Å². The van der Waals surface area contributed by atoms with Crippen LogP contribution in [0.2, 0.25) is 0 Å². The smallest absolute Gasteiger partial charge is 0.352 e. The first-order valence-corrected chi connectivity index (χ1v) is 8.70. The number of alkyl halides is 3. The molecule has 1 aromatic carbocycles. The number of halogens is 3. The quantitative estimate of drug-likeness (QED) is 0.684. The molecule has 0 bridgehead atoms. The van der Waals surface area contributed by atoms with Crippen molar-refractivity contribution >= 4 is 5.91 Å². The molecule has 2 heterocycles.